The molecule has 0 bridgehead atoms. The standard InChI is InChI=1S/C9H13ClN2O2S/c1-12(14-2)9(13)6-11-5-7-3-4-8(10)15-7/h3-4,11H,5-6H2,1-2H3. The molecule has 1 aromatic heterocycles. The van der Waals surface area contributed by atoms with Crippen molar-refractivity contribution in [3.05, 3.63) is 21.3 Å². The van der Waals surface area contributed by atoms with E-state index < -0.39 is 0 Å². The Labute approximate surface area is 97.7 Å². The number of hydrogen-bond donors (Lipinski definition) is 1. The number of nitrogens with one attached hydrogen (secondary N) is 1. The Balaban J connectivity index is 2.24. The quantitative estimate of drug-likeness (QED) is 0.804. The minimum absolute atomic E-state index is 0.111. The number of likely N-dealkylation sites (N-methyl/N-ethyl adjacent to an activating group) is 1. The molecule has 0 saturated carbocycles. The lowest BCUT2D eigenvalue weighted by Gasteiger charge is -2.13. The SMILES string of the molecule is CON(C)C(=O)CNCc1ccc(Cl)s1. The van der Waals surface area contributed by atoms with Crippen LogP contribution in [0.5, 0.6) is 0 Å². The molecule has 15 heavy (non-hydrogen) atoms. The lowest BCUT2D eigenvalue weighted by Crippen LogP contribution is -2.34. The first kappa shape index (κ1) is 12.4. The molecule has 4 nitrogen and oxygen atoms in total. The Morgan fingerprint density at radius 3 is 2.93 bits per heavy atom. The molecular weight excluding hydrogens is 236 g/mol. The van der Waals surface area contributed by atoms with Crippen molar-refractivity contribution in [2.24, 2.45) is 0 Å². The van der Waals surface area contributed by atoms with E-state index in [1.807, 2.05) is 12.1 Å². The Hall–Kier alpha value is -0.620. The lowest BCUT2D eigenvalue weighted by molar-refractivity contribution is -0.167. The van der Waals surface area contributed by atoms with Crippen LogP contribution in [0.25, 0.3) is 0 Å². The Morgan fingerprint density at radius 2 is 2.40 bits per heavy atom. The van der Waals surface area contributed by atoms with E-state index in [-0.39, 0.29) is 12.5 Å². The summed E-state index contributed by atoms with van der Waals surface area (Å²) in [6.45, 7) is 0.889. The second kappa shape index (κ2) is 6.07. The maximum absolute atomic E-state index is 11.3. The van der Waals surface area contributed by atoms with Crippen molar-refractivity contribution in [2.75, 3.05) is 20.7 Å². The summed E-state index contributed by atoms with van der Waals surface area (Å²) < 4.78 is 0.757. The van der Waals surface area contributed by atoms with Gasteiger partial charge in [0.15, 0.2) is 0 Å². The molecule has 0 aliphatic rings. The van der Waals surface area contributed by atoms with Crippen LogP contribution in [0.2, 0.25) is 4.34 Å². The Bertz CT molecular complexity index is 330. The molecule has 6 heteroatoms. The van der Waals surface area contributed by atoms with Crippen LogP contribution in [-0.4, -0.2) is 31.7 Å². The predicted octanol–water partition coefficient (Wildman–Crippen LogP) is 1.51. The summed E-state index contributed by atoms with van der Waals surface area (Å²) in [5.41, 5.74) is 0. The smallest absolute Gasteiger partial charge is 0.259 e. The molecule has 1 N–H and O–H groups in total. The van der Waals surface area contributed by atoms with Crippen LogP contribution in [0, 0.1) is 0 Å². The number of thiophene rings is 1. The molecule has 0 unspecified atom stereocenters. The van der Waals surface area contributed by atoms with E-state index in [2.05, 4.69) is 5.32 Å². The zero-order valence-corrected chi connectivity index (χ0v) is 10.2. The fourth-order valence-electron chi connectivity index (χ4n) is 0.953. The molecule has 1 aromatic rings. The van der Waals surface area contributed by atoms with Crippen LogP contribution in [0.4, 0.5) is 0 Å². The summed E-state index contributed by atoms with van der Waals surface area (Å²) >= 11 is 7.27. The molecule has 84 valence electrons. The molecule has 0 aromatic carbocycles. The normalized spacial score (nSPS) is 10.3. The second-order valence-electron chi connectivity index (χ2n) is 2.88. The van der Waals surface area contributed by atoms with E-state index in [1.54, 1.807) is 7.05 Å². The maximum Gasteiger partial charge on any atom is 0.259 e. The average Bonchev–Trinajstić information content (AvgIpc) is 2.63. The highest BCUT2D eigenvalue weighted by atomic mass is 35.5. The minimum Gasteiger partial charge on any atom is -0.303 e. The number of halogens is 1. The first-order chi connectivity index (χ1) is 7.13. The van der Waals surface area contributed by atoms with E-state index in [0.717, 1.165) is 9.21 Å². The number of hydrogen-bond acceptors (Lipinski definition) is 4. The molecule has 1 heterocycles. The molecule has 1 amide bonds. The largest absolute Gasteiger partial charge is 0.303 e. The first-order valence-electron chi connectivity index (χ1n) is 4.39. The van der Waals surface area contributed by atoms with Gasteiger partial charge in [-0.25, -0.2) is 5.06 Å². The van der Waals surface area contributed by atoms with Gasteiger partial charge in [-0.2, -0.15) is 0 Å². The summed E-state index contributed by atoms with van der Waals surface area (Å²) in [5.74, 6) is -0.111. The van der Waals surface area contributed by atoms with Crippen molar-refractivity contribution in [3.63, 3.8) is 0 Å². The van der Waals surface area contributed by atoms with Crippen molar-refractivity contribution in [1.29, 1.82) is 0 Å². The van der Waals surface area contributed by atoms with Crippen LogP contribution >= 0.6 is 22.9 Å². The van der Waals surface area contributed by atoms with Crippen LogP contribution in [-0.2, 0) is 16.2 Å². The van der Waals surface area contributed by atoms with Crippen LogP contribution in [0.3, 0.4) is 0 Å². The predicted molar refractivity (Wildman–Crippen MR) is 60.8 cm³/mol. The van der Waals surface area contributed by atoms with Crippen LogP contribution in [0.15, 0.2) is 12.1 Å². The summed E-state index contributed by atoms with van der Waals surface area (Å²) in [5, 5.41) is 4.20. The summed E-state index contributed by atoms with van der Waals surface area (Å²) in [7, 11) is 3.03. The molecule has 0 radical (unpaired) electrons. The molecular formula is C9H13ClN2O2S. The molecule has 1 rings (SSSR count). The van der Waals surface area contributed by atoms with E-state index in [9.17, 15) is 4.79 Å². The van der Waals surface area contributed by atoms with Gasteiger partial charge in [0.05, 0.1) is 18.0 Å². The van der Waals surface area contributed by atoms with Crippen LogP contribution < -0.4 is 5.32 Å². The average molecular weight is 249 g/mol. The minimum atomic E-state index is -0.111. The van der Waals surface area contributed by atoms with Crippen molar-refractivity contribution >= 4 is 28.8 Å². The zero-order valence-electron chi connectivity index (χ0n) is 8.62. The Kier molecular flexibility index (Phi) is 5.04. The number of hydroxylamine groups is 2. The first-order valence-corrected chi connectivity index (χ1v) is 5.58. The van der Waals surface area contributed by atoms with Gasteiger partial charge in [0.2, 0.25) is 0 Å². The Morgan fingerprint density at radius 1 is 1.67 bits per heavy atom. The van der Waals surface area contributed by atoms with E-state index in [0.29, 0.717) is 6.54 Å². The fourth-order valence-corrected chi connectivity index (χ4v) is 2.01. The van der Waals surface area contributed by atoms with Crippen molar-refractivity contribution < 1.29 is 9.63 Å². The molecule has 0 saturated heterocycles. The highest BCUT2D eigenvalue weighted by Crippen LogP contribution is 2.20. The van der Waals surface area contributed by atoms with Crippen LogP contribution in [0.1, 0.15) is 4.88 Å². The third kappa shape index (κ3) is 4.17. The summed E-state index contributed by atoms with van der Waals surface area (Å²) in [6, 6.07) is 3.77. The number of amides is 1. The van der Waals surface area contributed by atoms with Gasteiger partial charge in [0, 0.05) is 18.5 Å². The summed E-state index contributed by atoms with van der Waals surface area (Å²) in [4.78, 5) is 17.1. The van der Waals surface area contributed by atoms with E-state index in [1.165, 1.54) is 23.5 Å². The zero-order chi connectivity index (χ0) is 11.3. The van der Waals surface area contributed by atoms with Crippen molar-refractivity contribution in [3.8, 4) is 0 Å². The molecule has 0 atom stereocenters. The highest BCUT2D eigenvalue weighted by Gasteiger charge is 2.06. The van der Waals surface area contributed by atoms with Gasteiger partial charge in [-0.3, -0.25) is 9.63 Å². The van der Waals surface area contributed by atoms with Gasteiger partial charge >= 0.3 is 0 Å². The van der Waals surface area contributed by atoms with Crippen molar-refractivity contribution in [2.45, 2.75) is 6.54 Å². The van der Waals surface area contributed by atoms with Gasteiger partial charge in [0.1, 0.15) is 0 Å². The van der Waals surface area contributed by atoms with Gasteiger partial charge in [-0.05, 0) is 12.1 Å². The van der Waals surface area contributed by atoms with Crippen molar-refractivity contribution in [1.82, 2.24) is 10.4 Å². The molecule has 0 aliphatic heterocycles. The molecule has 0 aliphatic carbocycles. The number of carbonyl (C=O) groups excluding carboxylic acids is 1. The van der Waals surface area contributed by atoms with E-state index >= 15 is 0 Å². The number of rotatable bonds is 5. The van der Waals surface area contributed by atoms with Gasteiger partial charge < -0.3 is 5.32 Å². The molecule has 0 spiro atoms. The maximum atomic E-state index is 11.3. The number of nitrogens with zero attached hydrogens (tertiary/aromatic N) is 1. The number of carbonyl (C=O) groups is 1. The topological polar surface area (TPSA) is 41.6 Å². The van der Waals surface area contributed by atoms with Gasteiger partial charge in [-0.1, -0.05) is 11.6 Å². The van der Waals surface area contributed by atoms with E-state index in [4.69, 9.17) is 16.4 Å². The summed E-state index contributed by atoms with van der Waals surface area (Å²) in [6.07, 6.45) is 0. The fraction of sp³-hybridized carbons (Fsp3) is 0.444. The lowest BCUT2D eigenvalue weighted by atomic mass is 10.4. The van der Waals surface area contributed by atoms with Gasteiger partial charge in [0.25, 0.3) is 5.91 Å². The third-order valence-corrected chi connectivity index (χ3v) is 3.06. The van der Waals surface area contributed by atoms with Gasteiger partial charge in [-0.15, -0.1) is 11.3 Å². The monoisotopic (exact) mass is 248 g/mol. The highest BCUT2D eigenvalue weighted by molar-refractivity contribution is 7.16. The third-order valence-electron chi connectivity index (χ3n) is 1.83. The second-order valence-corrected chi connectivity index (χ2v) is 4.68. The molecule has 0 fully saturated rings.